The molecule has 2 N–H and O–H groups in total. The Bertz CT molecular complexity index is 367. The second-order valence-electron chi connectivity index (χ2n) is 7.45. The Hall–Kier alpha value is -0.900. The third-order valence-electron chi connectivity index (χ3n) is 5.38. The van der Waals surface area contributed by atoms with Crippen LogP contribution in [0.2, 0.25) is 0 Å². The number of hydrogen-bond acceptors (Lipinski definition) is 3. The van der Waals surface area contributed by atoms with E-state index in [4.69, 9.17) is 5.11 Å². The van der Waals surface area contributed by atoms with Crippen molar-refractivity contribution in [2.45, 2.75) is 103 Å². The molecule has 4 nitrogen and oxygen atoms in total. The quantitative estimate of drug-likeness (QED) is 0.448. The minimum Gasteiger partial charge on any atom is -0.481 e. The van der Waals surface area contributed by atoms with Crippen molar-refractivity contribution in [2.24, 2.45) is 11.8 Å². The van der Waals surface area contributed by atoms with E-state index in [9.17, 15) is 14.7 Å². The van der Waals surface area contributed by atoms with Gasteiger partial charge in [0.25, 0.3) is 0 Å². The Morgan fingerprint density at radius 3 is 2.50 bits per heavy atom. The van der Waals surface area contributed by atoms with Gasteiger partial charge in [0.2, 0.25) is 0 Å². The Labute approximate surface area is 147 Å². The van der Waals surface area contributed by atoms with Gasteiger partial charge < -0.3 is 10.2 Å². The molecule has 1 aliphatic rings. The number of aliphatic hydroxyl groups excluding tert-OH is 1. The molecule has 140 valence electrons. The Balaban J connectivity index is 2.15. The summed E-state index contributed by atoms with van der Waals surface area (Å²) in [6.45, 7) is 2.10. The van der Waals surface area contributed by atoms with Crippen LogP contribution >= 0.6 is 0 Å². The molecule has 1 unspecified atom stereocenters. The van der Waals surface area contributed by atoms with Crippen LogP contribution in [0.4, 0.5) is 0 Å². The van der Waals surface area contributed by atoms with E-state index in [0.717, 1.165) is 83.5 Å². The first-order valence-corrected chi connectivity index (χ1v) is 9.97. The van der Waals surface area contributed by atoms with E-state index in [1.54, 1.807) is 0 Å². The van der Waals surface area contributed by atoms with Crippen LogP contribution in [-0.4, -0.2) is 28.1 Å². The first-order chi connectivity index (χ1) is 11.5. The summed E-state index contributed by atoms with van der Waals surface area (Å²) in [6.07, 6.45) is 12.8. The van der Waals surface area contributed by atoms with Gasteiger partial charge in [0, 0.05) is 18.8 Å². The fourth-order valence-corrected chi connectivity index (χ4v) is 3.98. The lowest BCUT2D eigenvalue weighted by Gasteiger charge is -2.18. The van der Waals surface area contributed by atoms with E-state index >= 15 is 0 Å². The summed E-state index contributed by atoms with van der Waals surface area (Å²) in [5.41, 5.74) is 0. The molecular formula is C20H36O4. The Kier molecular flexibility index (Phi) is 11.0. The molecule has 0 amide bonds. The van der Waals surface area contributed by atoms with Crippen molar-refractivity contribution in [3.05, 3.63) is 0 Å². The van der Waals surface area contributed by atoms with Crippen molar-refractivity contribution in [2.75, 3.05) is 0 Å². The first-order valence-electron chi connectivity index (χ1n) is 9.97. The summed E-state index contributed by atoms with van der Waals surface area (Å²) in [4.78, 5) is 22.6. The normalized spacial score (nSPS) is 22.0. The number of rotatable bonds is 14. The third kappa shape index (κ3) is 8.81. The van der Waals surface area contributed by atoms with Crippen LogP contribution in [0.15, 0.2) is 0 Å². The smallest absolute Gasteiger partial charge is 0.303 e. The summed E-state index contributed by atoms with van der Waals surface area (Å²) < 4.78 is 0. The number of carboxylic acid groups (broad SMARTS) is 1. The molecule has 0 radical (unpaired) electrons. The van der Waals surface area contributed by atoms with Crippen LogP contribution in [-0.2, 0) is 9.59 Å². The van der Waals surface area contributed by atoms with E-state index in [0.29, 0.717) is 11.7 Å². The molecule has 1 aliphatic carbocycles. The lowest BCUT2D eigenvalue weighted by molar-refractivity contribution is -0.137. The van der Waals surface area contributed by atoms with E-state index < -0.39 is 5.97 Å². The van der Waals surface area contributed by atoms with Crippen molar-refractivity contribution in [3.8, 4) is 0 Å². The summed E-state index contributed by atoms with van der Waals surface area (Å²) in [7, 11) is 0. The highest BCUT2D eigenvalue weighted by molar-refractivity contribution is 5.83. The number of aliphatic hydroxyl groups is 1. The molecule has 1 rings (SSSR count). The average molecular weight is 341 g/mol. The van der Waals surface area contributed by atoms with Crippen molar-refractivity contribution in [3.63, 3.8) is 0 Å². The van der Waals surface area contributed by atoms with Gasteiger partial charge in [0.1, 0.15) is 5.78 Å². The highest BCUT2D eigenvalue weighted by Crippen LogP contribution is 2.36. The van der Waals surface area contributed by atoms with Gasteiger partial charge in [0.05, 0.1) is 6.10 Å². The van der Waals surface area contributed by atoms with Crippen molar-refractivity contribution in [1.82, 2.24) is 0 Å². The zero-order valence-corrected chi connectivity index (χ0v) is 15.3. The Morgan fingerprint density at radius 2 is 1.79 bits per heavy atom. The summed E-state index contributed by atoms with van der Waals surface area (Å²) in [5, 5.41) is 18.4. The maximum Gasteiger partial charge on any atom is 0.303 e. The van der Waals surface area contributed by atoms with Crippen LogP contribution in [0.3, 0.4) is 0 Å². The molecule has 0 spiro atoms. The summed E-state index contributed by atoms with van der Waals surface area (Å²) in [5.74, 6) is 0.506. The molecule has 0 saturated heterocycles. The maximum atomic E-state index is 12.1. The van der Waals surface area contributed by atoms with E-state index in [2.05, 4.69) is 6.92 Å². The highest BCUT2D eigenvalue weighted by atomic mass is 16.4. The third-order valence-corrected chi connectivity index (χ3v) is 5.38. The first kappa shape index (κ1) is 21.1. The lowest BCUT2D eigenvalue weighted by atomic mass is 9.86. The molecule has 0 bridgehead atoms. The predicted molar refractivity (Wildman–Crippen MR) is 95.9 cm³/mol. The number of ketones is 1. The van der Waals surface area contributed by atoms with E-state index in [1.807, 2.05) is 0 Å². The zero-order chi connectivity index (χ0) is 17.8. The second kappa shape index (κ2) is 12.5. The number of hydrogen-bond donors (Lipinski definition) is 2. The number of carbonyl (C=O) groups is 2. The molecule has 4 heteroatoms. The minimum absolute atomic E-state index is 0.151. The van der Waals surface area contributed by atoms with Gasteiger partial charge in [-0.05, 0) is 44.4 Å². The average Bonchev–Trinajstić information content (AvgIpc) is 2.88. The largest absolute Gasteiger partial charge is 0.481 e. The van der Waals surface area contributed by atoms with Gasteiger partial charge in [-0.3, -0.25) is 9.59 Å². The number of carbonyl (C=O) groups excluding carboxylic acids is 1. The molecule has 1 saturated carbocycles. The molecule has 24 heavy (non-hydrogen) atoms. The van der Waals surface area contributed by atoms with Crippen molar-refractivity contribution >= 4 is 11.8 Å². The van der Waals surface area contributed by atoms with Crippen molar-refractivity contribution in [1.29, 1.82) is 0 Å². The highest BCUT2D eigenvalue weighted by Gasteiger charge is 2.33. The minimum atomic E-state index is -0.718. The van der Waals surface area contributed by atoms with Crippen LogP contribution in [0.25, 0.3) is 0 Å². The fraction of sp³-hybridized carbons (Fsp3) is 0.900. The number of unbranched alkanes of at least 4 members (excludes halogenated alkanes) is 4. The molecule has 0 aromatic carbocycles. The van der Waals surface area contributed by atoms with Crippen molar-refractivity contribution < 1.29 is 19.8 Å². The standard InChI is InChI=1S/C20H36O4/c1-2-9-17(21)11-8-7-10-16-14-15-19(22)18(16)12-5-3-4-6-13-20(23)24/h16-18,21H,2-15H2,1H3,(H,23,24)/t16-,17?,18+/m0/s1. The topological polar surface area (TPSA) is 74.6 Å². The second-order valence-corrected chi connectivity index (χ2v) is 7.45. The van der Waals surface area contributed by atoms with E-state index in [-0.39, 0.29) is 18.4 Å². The molecule has 0 aromatic heterocycles. The molecular weight excluding hydrogens is 304 g/mol. The SMILES string of the molecule is CCCC(O)CCCC[C@H]1CCC(=O)[C@@H]1CCCCCCC(=O)O. The summed E-state index contributed by atoms with van der Waals surface area (Å²) >= 11 is 0. The monoisotopic (exact) mass is 340 g/mol. The molecule has 0 aliphatic heterocycles. The number of carboxylic acids is 1. The number of aliphatic carboxylic acids is 1. The van der Waals surface area contributed by atoms with Crippen LogP contribution in [0.5, 0.6) is 0 Å². The van der Waals surface area contributed by atoms with Gasteiger partial charge in [0.15, 0.2) is 0 Å². The van der Waals surface area contributed by atoms with Crippen LogP contribution < -0.4 is 0 Å². The summed E-state index contributed by atoms with van der Waals surface area (Å²) in [6, 6.07) is 0. The zero-order valence-electron chi connectivity index (χ0n) is 15.3. The van der Waals surface area contributed by atoms with E-state index in [1.165, 1.54) is 0 Å². The predicted octanol–water partition coefficient (Wildman–Crippen LogP) is 4.73. The molecule has 0 heterocycles. The van der Waals surface area contributed by atoms with Gasteiger partial charge >= 0.3 is 5.97 Å². The van der Waals surface area contributed by atoms with Gasteiger partial charge in [-0.15, -0.1) is 0 Å². The fourth-order valence-electron chi connectivity index (χ4n) is 3.98. The Morgan fingerprint density at radius 1 is 1.08 bits per heavy atom. The molecule has 0 aromatic rings. The van der Waals surface area contributed by atoms with Gasteiger partial charge in [-0.25, -0.2) is 0 Å². The van der Waals surface area contributed by atoms with Gasteiger partial charge in [-0.2, -0.15) is 0 Å². The van der Waals surface area contributed by atoms with Crippen LogP contribution in [0.1, 0.15) is 96.8 Å². The maximum absolute atomic E-state index is 12.1. The van der Waals surface area contributed by atoms with Crippen LogP contribution in [0, 0.1) is 11.8 Å². The lowest BCUT2D eigenvalue weighted by Crippen LogP contribution is -2.15. The molecule has 3 atom stereocenters. The molecule has 1 fully saturated rings. The van der Waals surface area contributed by atoms with Gasteiger partial charge in [-0.1, -0.05) is 45.4 Å². The number of Topliss-reactive ketones (excluding diaryl/α,β-unsaturated/α-hetero) is 1.